The van der Waals surface area contributed by atoms with Crippen LogP contribution in [0.15, 0.2) is 58.7 Å². The highest BCUT2D eigenvalue weighted by atomic mass is 16.5. The average molecular weight is 524 g/mol. The number of hydrogen-bond acceptors (Lipinski definition) is 10. The zero-order chi connectivity index (χ0) is 27.5. The number of carbonyl (C=O) groups excluding carboxylic acids is 3. The maximum Gasteiger partial charge on any atom is 0.328 e. The summed E-state index contributed by atoms with van der Waals surface area (Å²) in [7, 11) is 0. The van der Waals surface area contributed by atoms with Crippen LogP contribution in [0.3, 0.4) is 0 Å². The number of carbonyl (C=O) groups is 3. The summed E-state index contributed by atoms with van der Waals surface area (Å²) in [6.07, 6.45) is 5.20. The van der Waals surface area contributed by atoms with Gasteiger partial charge < -0.3 is 25.1 Å². The normalized spacial score (nSPS) is 11.6. The molecule has 3 rings (SSSR count). The molecule has 1 aromatic carbocycles. The summed E-state index contributed by atoms with van der Waals surface area (Å²) in [5.74, 6) is -1.35. The van der Waals surface area contributed by atoms with Crippen molar-refractivity contribution in [3.8, 4) is 5.69 Å². The van der Waals surface area contributed by atoms with Crippen LogP contribution in [0.1, 0.15) is 42.6 Å². The molecule has 5 N–H and O–H groups in total. The highest BCUT2D eigenvalue weighted by molar-refractivity contribution is 5.97. The summed E-state index contributed by atoms with van der Waals surface area (Å²) in [5.41, 5.74) is 9.62. The number of hydrazone groups is 1. The zero-order valence-electron chi connectivity index (χ0n) is 21.0. The Kier molecular flexibility index (Phi) is 9.74. The molecule has 13 heteroatoms. The van der Waals surface area contributed by atoms with E-state index >= 15 is 0 Å². The molecular formula is C25H29N7O6. The molecule has 2 aromatic heterocycles. The summed E-state index contributed by atoms with van der Waals surface area (Å²) in [5, 5.41) is 6.69. The predicted octanol–water partition coefficient (Wildman–Crippen LogP) is 1.59. The van der Waals surface area contributed by atoms with E-state index in [0.717, 1.165) is 11.3 Å². The molecule has 2 heterocycles. The second kappa shape index (κ2) is 13.4. The van der Waals surface area contributed by atoms with Gasteiger partial charge in [-0.15, -0.1) is 0 Å². The van der Waals surface area contributed by atoms with Crippen LogP contribution in [0.2, 0.25) is 0 Å². The number of nitrogens with two attached hydrogens (primary N) is 1. The van der Waals surface area contributed by atoms with Gasteiger partial charge in [0, 0.05) is 41.7 Å². The lowest BCUT2D eigenvalue weighted by Crippen LogP contribution is -2.42. The molecule has 1 amide bonds. The molecule has 0 fully saturated rings. The van der Waals surface area contributed by atoms with Crippen LogP contribution >= 0.6 is 0 Å². The molecule has 0 spiro atoms. The maximum absolute atomic E-state index is 12.8. The topological polar surface area (TPSA) is 183 Å². The first-order valence-corrected chi connectivity index (χ1v) is 11.9. The molecule has 38 heavy (non-hydrogen) atoms. The van der Waals surface area contributed by atoms with Crippen LogP contribution in [-0.2, 0) is 19.1 Å². The van der Waals surface area contributed by atoms with Crippen LogP contribution in [0, 0.1) is 0 Å². The highest BCUT2D eigenvalue weighted by Gasteiger charge is 2.24. The minimum absolute atomic E-state index is 0.0217. The van der Waals surface area contributed by atoms with Gasteiger partial charge in [0.1, 0.15) is 6.04 Å². The van der Waals surface area contributed by atoms with E-state index in [-0.39, 0.29) is 37.8 Å². The number of anilines is 2. The first-order valence-electron chi connectivity index (χ1n) is 11.9. The Morgan fingerprint density at radius 2 is 1.89 bits per heavy atom. The number of amides is 1. The van der Waals surface area contributed by atoms with Gasteiger partial charge >= 0.3 is 11.9 Å². The molecule has 3 aromatic rings. The minimum atomic E-state index is -0.979. The Bertz CT molecular complexity index is 1350. The lowest BCUT2D eigenvalue weighted by Gasteiger charge is -2.17. The van der Waals surface area contributed by atoms with Crippen molar-refractivity contribution >= 4 is 35.8 Å². The second-order valence-corrected chi connectivity index (χ2v) is 7.91. The van der Waals surface area contributed by atoms with Gasteiger partial charge in [-0.05, 0) is 50.6 Å². The molecule has 1 atom stereocenters. The van der Waals surface area contributed by atoms with E-state index in [2.05, 4.69) is 25.8 Å². The molecule has 1 unspecified atom stereocenters. The van der Waals surface area contributed by atoms with E-state index in [1.54, 1.807) is 44.3 Å². The summed E-state index contributed by atoms with van der Waals surface area (Å²) in [6, 6.07) is 8.80. The van der Waals surface area contributed by atoms with Crippen LogP contribution in [0.25, 0.3) is 5.69 Å². The molecular weight excluding hydrogens is 494 g/mol. The van der Waals surface area contributed by atoms with E-state index in [0.29, 0.717) is 5.56 Å². The van der Waals surface area contributed by atoms with Crippen molar-refractivity contribution in [1.29, 1.82) is 0 Å². The van der Waals surface area contributed by atoms with Crippen LogP contribution in [-0.4, -0.2) is 57.9 Å². The Morgan fingerprint density at radius 3 is 2.58 bits per heavy atom. The Hall–Kier alpha value is -4.94. The third-order valence-electron chi connectivity index (χ3n) is 5.11. The maximum atomic E-state index is 12.8. The van der Waals surface area contributed by atoms with Gasteiger partial charge in [0.15, 0.2) is 5.82 Å². The third-order valence-corrected chi connectivity index (χ3v) is 5.11. The number of nitrogen functional groups attached to an aromatic ring is 1. The van der Waals surface area contributed by atoms with Crippen LogP contribution < -0.4 is 22.0 Å². The van der Waals surface area contributed by atoms with Gasteiger partial charge in [-0.2, -0.15) is 10.1 Å². The summed E-state index contributed by atoms with van der Waals surface area (Å²) in [4.78, 5) is 54.4. The molecule has 13 nitrogen and oxygen atoms in total. The molecule has 200 valence electrons. The second-order valence-electron chi connectivity index (χ2n) is 7.91. The molecule has 0 radical (unpaired) electrons. The quantitative estimate of drug-likeness (QED) is 0.156. The number of hydrogen-bond donors (Lipinski definition) is 4. The standard InChI is InChI=1S/C25H29N7O6/c1-3-37-22(34)10-9-19(24(36)38-4-2)28-23(35)17-5-7-18(8-6-17)32-12-11-16(15-32)14-27-31-20-13-21(33)30-25(26)29-20/h5-8,11-15,19H,3-4,9-10H2,1-2H3,(H,28,35)(H4,26,29,30,31,33)/b27-14+. The number of esters is 2. The van der Waals surface area contributed by atoms with Gasteiger partial charge in [0.05, 0.1) is 19.4 Å². The zero-order valence-corrected chi connectivity index (χ0v) is 21.0. The van der Waals surface area contributed by atoms with Crippen molar-refractivity contribution in [2.24, 2.45) is 5.10 Å². The van der Waals surface area contributed by atoms with Crippen molar-refractivity contribution in [3.05, 3.63) is 70.3 Å². The average Bonchev–Trinajstić information content (AvgIpc) is 3.35. The first kappa shape index (κ1) is 27.6. The van der Waals surface area contributed by atoms with E-state index in [1.165, 1.54) is 6.07 Å². The van der Waals surface area contributed by atoms with Gasteiger partial charge in [-0.3, -0.25) is 24.8 Å². The molecule has 0 aliphatic heterocycles. The SMILES string of the molecule is CCOC(=O)CCC(NC(=O)c1ccc(-n2ccc(/C=N/Nc3cc(=O)[nH]c(N)n3)c2)cc1)C(=O)OCC. The van der Waals surface area contributed by atoms with E-state index in [1.807, 2.05) is 23.0 Å². The van der Waals surface area contributed by atoms with Crippen molar-refractivity contribution in [2.75, 3.05) is 24.4 Å². The number of aromatic nitrogens is 3. The first-order chi connectivity index (χ1) is 18.3. The van der Waals surface area contributed by atoms with Gasteiger partial charge in [-0.1, -0.05) is 0 Å². The van der Waals surface area contributed by atoms with Crippen molar-refractivity contribution in [2.45, 2.75) is 32.7 Å². The summed E-state index contributed by atoms with van der Waals surface area (Å²) in [6.45, 7) is 3.74. The number of benzene rings is 1. The van der Waals surface area contributed by atoms with E-state index < -0.39 is 29.4 Å². The highest BCUT2D eigenvalue weighted by Crippen LogP contribution is 2.13. The fourth-order valence-electron chi connectivity index (χ4n) is 3.37. The van der Waals surface area contributed by atoms with E-state index in [4.69, 9.17) is 15.2 Å². The Labute approximate surface area is 218 Å². The predicted molar refractivity (Wildman–Crippen MR) is 140 cm³/mol. The molecule has 0 bridgehead atoms. The number of rotatable bonds is 12. The third kappa shape index (κ3) is 8.05. The lowest BCUT2D eigenvalue weighted by atomic mass is 10.1. The molecule has 0 saturated carbocycles. The molecule has 0 aliphatic rings. The number of ether oxygens (including phenoxy) is 2. The van der Waals surface area contributed by atoms with Crippen molar-refractivity contribution in [3.63, 3.8) is 0 Å². The van der Waals surface area contributed by atoms with Gasteiger partial charge in [0.2, 0.25) is 5.95 Å². The summed E-state index contributed by atoms with van der Waals surface area (Å²) < 4.78 is 11.7. The van der Waals surface area contributed by atoms with Crippen molar-refractivity contribution in [1.82, 2.24) is 19.9 Å². The number of nitrogens with zero attached hydrogens (tertiary/aromatic N) is 3. The number of nitrogens with one attached hydrogen (secondary N) is 3. The molecule has 0 saturated heterocycles. The van der Waals surface area contributed by atoms with Crippen molar-refractivity contribution < 1.29 is 23.9 Å². The lowest BCUT2D eigenvalue weighted by molar-refractivity contribution is -0.146. The van der Waals surface area contributed by atoms with Crippen LogP contribution in [0.4, 0.5) is 11.8 Å². The monoisotopic (exact) mass is 523 g/mol. The summed E-state index contributed by atoms with van der Waals surface area (Å²) >= 11 is 0. The van der Waals surface area contributed by atoms with Crippen LogP contribution in [0.5, 0.6) is 0 Å². The smallest absolute Gasteiger partial charge is 0.328 e. The Balaban J connectivity index is 1.62. The van der Waals surface area contributed by atoms with E-state index in [9.17, 15) is 19.2 Å². The number of aromatic amines is 1. The number of H-pyrrole nitrogens is 1. The largest absolute Gasteiger partial charge is 0.466 e. The fraction of sp³-hybridized carbons (Fsp3) is 0.280. The fourth-order valence-corrected chi connectivity index (χ4v) is 3.37. The molecule has 0 aliphatic carbocycles. The minimum Gasteiger partial charge on any atom is -0.466 e. The van der Waals surface area contributed by atoms with Gasteiger partial charge in [0.25, 0.3) is 11.5 Å². The van der Waals surface area contributed by atoms with Gasteiger partial charge in [-0.25, -0.2) is 4.79 Å². The Morgan fingerprint density at radius 1 is 1.16 bits per heavy atom.